The third-order valence-corrected chi connectivity index (χ3v) is 3.99. The van der Waals surface area contributed by atoms with Crippen LogP contribution in [-0.2, 0) is 11.3 Å². The van der Waals surface area contributed by atoms with Crippen LogP contribution >= 0.6 is 0 Å². The second-order valence-electron chi connectivity index (χ2n) is 6.22. The van der Waals surface area contributed by atoms with Crippen molar-refractivity contribution in [2.75, 3.05) is 11.1 Å². The molecule has 0 bridgehead atoms. The lowest BCUT2D eigenvalue weighted by atomic mass is 9.96. The zero-order valence-electron chi connectivity index (χ0n) is 16.6. The average Bonchev–Trinajstić information content (AvgIpc) is 2.77. The van der Waals surface area contributed by atoms with Crippen molar-refractivity contribution in [1.29, 1.82) is 10.5 Å². The Kier molecular flexibility index (Phi) is 7.74. The molecule has 0 spiro atoms. The van der Waals surface area contributed by atoms with E-state index in [1.54, 1.807) is 18.3 Å². The van der Waals surface area contributed by atoms with Crippen molar-refractivity contribution in [2.24, 2.45) is 0 Å². The maximum atomic E-state index is 10.6. The number of nitrogen functional groups attached to an aromatic ring is 1. The zero-order valence-corrected chi connectivity index (χ0v) is 16.6. The van der Waals surface area contributed by atoms with Gasteiger partial charge < -0.3 is 21.3 Å². The van der Waals surface area contributed by atoms with Crippen LogP contribution in [0.5, 0.6) is 5.75 Å². The van der Waals surface area contributed by atoms with Gasteiger partial charge in [-0.2, -0.15) is 23.7 Å². The van der Waals surface area contributed by atoms with Crippen LogP contribution in [0.3, 0.4) is 0 Å². The molecule has 0 atom stereocenters. The van der Waals surface area contributed by atoms with Crippen molar-refractivity contribution >= 4 is 17.6 Å². The molecule has 0 aliphatic rings. The van der Waals surface area contributed by atoms with E-state index in [2.05, 4.69) is 21.4 Å². The fourth-order valence-corrected chi connectivity index (χ4v) is 2.58. The van der Waals surface area contributed by atoms with Gasteiger partial charge in [0.05, 0.1) is 12.2 Å². The number of aromatic nitrogens is 2. The summed E-state index contributed by atoms with van der Waals surface area (Å²) in [5, 5.41) is 39.1. The fraction of sp³-hybridized carbons (Fsp3) is 0.0952. The molecule has 0 amide bonds. The third kappa shape index (κ3) is 6.32. The van der Waals surface area contributed by atoms with E-state index in [0.29, 0.717) is 17.7 Å². The molecular formula is C21H15F3N6O3. The Balaban J connectivity index is 0.000000479. The molecule has 0 saturated heterocycles. The summed E-state index contributed by atoms with van der Waals surface area (Å²) in [7, 11) is 0. The fourth-order valence-electron chi connectivity index (χ4n) is 2.58. The topological polar surface area (TPSA) is 169 Å². The van der Waals surface area contributed by atoms with Crippen LogP contribution < -0.4 is 11.1 Å². The molecule has 1 aromatic carbocycles. The Morgan fingerprint density at radius 3 is 2.30 bits per heavy atom. The van der Waals surface area contributed by atoms with Crippen molar-refractivity contribution < 1.29 is 28.2 Å². The summed E-state index contributed by atoms with van der Waals surface area (Å²) < 4.78 is 31.7. The van der Waals surface area contributed by atoms with Crippen LogP contribution in [0, 0.1) is 22.7 Å². The van der Waals surface area contributed by atoms with E-state index in [1.807, 2.05) is 24.3 Å². The highest BCUT2D eigenvalue weighted by Crippen LogP contribution is 2.35. The van der Waals surface area contributed by atoms with Gasteiger partial charge in [-0.05, 0) is 29.8 Å². The van der Waals surface area contributed by atoms with Gasteiger partial charge in [0.1, 0.15) is 40.7 Å². The number of carboxylic acids is 1. The molecule has 0 aliphatic heterocycles. The van der Waals surface area contributed by atoms with Crippen LogP contribution in [0.15, 0.2) is 48.7 Å². The van der Waals surface area contributed by atoms with E-state index < -0.39 is 12.1 Å². The Bertz CT molecular complexity index is 1230. The monoisotopic (exact) mass is 456 g/mol. The van der Waals surface area contributed by atoms with Gasteiger partial charge in [0, 0.05) is 11.8 Å². The van der Waals surface area contributed by atoms with Gasteiger partial charge in [-0.3, -0.25) is 4.98 Å². The standard InChI is InChI=1S/C19H14N6O.C2HF3O2/c20-9-15-17(12-4-3-6-14(26)8-12)16(10-21)19(25-18(15)22)24-11-13-5-1-2-7-23-13;3-2(4,5)1(6)7/h1-8,26H,11H2,(H3,22,24,25);(H,6,7). The predicted octanol–water partition coefficient (Wildman–Crippen LogP) is 3.42. The molecule has 9 nitrogen and oxygen atoms in total. The van der Waals surface area contributed by atoms with Crippen molar-refractivity contribution in [3.63, 3.8) is 0 Å². The van der Waals surface area contributed by atoms with Gasteiger partial charge in [-0.25, -0.2) is 9.78 Å². The summed E-state index contributed by atoms with van der Waals surface area (Å²) in [6.07, 6.45) is -3.42. The number of alkyl halides is 3. The van der Waals surface area contributed by atoms with E-state index >= 15 is 0 Å². The summed E-state index contributed by atoms with van der Waals surface area (Å²) in [6.45, 7) is 0.341. The highest BCUT2D eigenvalue weighted by molar-refractivity contribution is 5.85. The summed E-state index contributed by atoms with van der Waals surface area (Å²) in [6, 6.07) is 15.9. The number of hydrogen-bond donors (Lipinski definition) is 4. The van der Waals surface area contributed by atoms with Crippen molar-refractivity contribution in [1.82, 2.24) is 9.97 Å². The Morgan fingerprint density at radius 1 is 1.12 bits per heavy atom. The normalized spacial score (nSPS) is 10.2. The maximum absolute atomic E-state index is 10.6. The predicted molar refractivity (Wildman–Crippen MR) is 110 cm³/mol. The number of carboxylic acid groups (broad SMARTS) is 1. The van der Waals surface area contributed by atoms with E-state index in [4.69, 9.17) is 15.6 Å². The van der Waals surface area contributed by atoms with Crippen molar-refractivity contribution in [3.05, 3.63) is 65.5 Å². The molecule has 5 N–H and O–H groups in total. The van der Waals surface area contributed by atoms with Crippen LogP contribution in [0.1, 0.15) is 16.8 Å². The number of aliphatic carboxylic acids is 1. The minimum absolute atomic E-state index is 0.00774. The van der Waals surface area contributed by atoms with Gasteiger partial charge in [-0.1, -0.05) is 18.2 Å². The number of carbonyl (C=O) groups is 1. The first-order chi connectivity index (χ1) is 15.6. The molecule has 33 heavy (non-hydrogen) atoms. The number of halogens is 3. The average molecular weight is 456 g/mol. The van der Waals surface area contributed by atoms with Gasteiger partial charge in [0.2, 0.25) is 0 Å². The minimum Gasteiger partial charge on any atom is -0.508 e. The van der Waals surface area contributed by atoms with Gasteiger partial charge in [0.25, 0.3) is 0 Å². The molecule has 0 aliphatic carbocycles. The lowest BCUT2D eigenvalue weighted by Gasteiger charge is -2.14. The van der Waals surface area contributed by atoms with Crippen molar-refractivity contribution in [2.45, 2.75) is 12.7 Å². The van der Waals surface area contributed by atoms with Crippen LogP contribution in [0.2, 0.25) is 0 Å². The van der Waals surface area contributed by atoms with E-state index in [-0.39, 0.29) is 28.5 Å². The quantitative estimate of drug-likeness (QED) is 0.459. The molecule has 12 heteroatoms. The van der Waals surface area contributed by atoms with E-state index in [0.717, 1.165) is 5.69 Å². The number of nitriles is 2. The van der Waals surface area contributed by atoms with E-state index in [9.17, 15) is 28.8 Å². The first-order valence-electron chi connectivity index (χ1n) is 8.95. The van der Waals surface area contributed by atoms with Crippen LogP contribution in [-0.4, -0.2) is 32.3 Å². The van der Waals surface area contributed by atoms with Gasteiger partial charge >= 0.3 is 12.1 Å². The Morgan fingerprint density at radius 2 is 1.79 bits per heavy atom. The molecule has 0 unspecified atom stereocenters. The van der Waals surface area contributed by atoms with Gasteiger partial charge in [0.15, 0.2) is 0 Å². The lowest BCUT2D eigenvalue weighted by molar-refractivity contribution is -0.192. The number of phenolic OH excluding ortho intramolecular Hbond substituents is 1. The lowest BCUT2D eigenvalue weighted by Crippen LogP contribution is -2.21. The SMILES string of the molecule is N#Cc1c(N)nc(NCc2ccccn2)c(C#N)c1-c1cccc(O)c1.O=C(O)C(F)(F)F. The smallest absolute Gasteiger partial charge is 0.490 e. The molecule has 0 radical (unpaired) electrons. The van der Waals surface area contributed by atoms with Crippen LogP contribution in [0.4, 0.5) is 24.8 Å². The maximum Gasteiger partial charge on any atom is 0.490 e. The van der Waals surface area contributed by atoms with Crippen LogP contribution in [0.25, 0.3) is 11.1 Å². The molecule has 3 rings (SSSR count). The van der Waals surface area contributed by atoms with Crippen molar-refractivity contribution in [3.8, 4) is 29.0 Å². The number of nitrogens with zero attached hydrogens (tertiary/aromatic N) is 4. The number of anilines is 2. The zero-order chi connectivity index (χ0) is 24.6. The van der Waals surface area contributed by atoms with Gasteiger partial charge in [-0.15, -0.1) is 0 Å². The number of benzene rings is 1. The summed E-state index contributed by atoms with van der Waals surface area (Å²) in [4.78, 5) is 17.3. The number of aromatic hydroxyl groups is 1. The number of pyridine rings is 2. The molecule has 0 fully saturated rings. The summed E-state index contributed by atoms with van der Waals surface area (Å²) >= 11 is 0. The van der Waals surface area contributed by atoms with E-state index in [1.165, 1.54) is 12.1 Å². The molecule has 0 saturated carbocycles. The number of nitrogens with one attached hydrogen (secondary N) is 1. The highest BCUT2D eigenvalue weighted by Gasteiger charge is 2.38. The highest BCUT2D eigenvalue weighted by atomic mass is 19.4. The molecule has 2 aromatic heterocycles. The number of nitrogens with two attached hydrogens (primary N) is 1. The summed E-state index contributed by atoms with van der Waals surface area (Å²) in [5.74, 6) is -2.47. The second-order valence-corrected chi connectivity index (χ2v) is 6.22. The molecule has 2 heterocycles. The minimum atomic E-state index is -5.08. The first kappa shape index (κ1) is 24.4. The largest absolute Gasteiger partial charge is 0.508 e. The summed E-state index contributed by atoms with van der Waals surface area (Å²) in [5.41, 5.74) is 7.82. The first-order valence-corrected chi connectivity index (χ1v) is 8.95. The molecule has 3 aromatic rings. The second kappa shape index (κ2) is 10.5. The molecule has 168 valence electrons. The third-order valence-electron chi connectivity index (χ3n) is 3.99. The number of phenols is 1. The Labute approximate surface area is 185 Å². The number of hydrogen-bond acceptors (Lipinski definition) is 8. The Hall–Kier alpha value is -4.84. The number of rotatable bonds is 4. The molecular weight excluding hydrogens is 441 g/mol.